The van der Waals surface area contributed by atoms with Gasteiger partial charge in [0.2, 0.25) is 5.91 Å². The Labute approximate surface area is 209 Å². The third-order valence-corrected chi connectivity index (χ3v) is 6.59. The van der Waals surface area contributed by atoms with Gasteiger partial charge in [0, 0.05) is 6.92 Å². The third-order valence-electron chi connectivity index (χ3n) is 5.60. The SMILES string of the molecule is CCOC(=O)CN1N[C@H](c2ccccc2)CCC(NC(=O)[C@H](Cc2ccccc2)SC(C)=O)C1=O. The van der Waals surface area contributed by atoms with E-state index in [0.29, 0.717) is 19.3 Å². The van der Waals surface area contributed by atoms with Gasteiger partial charge < -0.3 is 10.1 Å². The molecule has 9 heteroatoms. The van der Waals surface area contributed by atoms with Crippen LogP contribution in [0.5, 0.6) is 0 Å². The van der Waals surface area contributed by atoms with Gasteiger partial charge in [-0.3, -0.25) is 24.2 Å². The molecule has 2 amide bonds. The van der Waals surface area contributed by atoms with Crippen LogP contribution in [0.1, 0.15) is 43.9 Å². The van der Waals surface area contributed by atoms with Gasteiger partial charge in [-0.25, -0.2) is 5.43 Å². The molecular weight excluding hydrogens is 466 g/mol. The summed E-state index contributed by atoms with van der Waals surface area (Å²) in [5.74, 6) is -1.35. The number of thioether (sulfide) groups is 1. The van der Waals surface area contributed by atoms with E-state index in [2.05, 4.69) is 10.7 Å². The number of hydrogen-bond acceptors (Lipinski definition) is 7. The Morgan fingerprint density at radius 3 is 2.37 bits per heavy atom. The molecule has 2 aromatic carbocycles. The minimum absolute atomic E-state index is 0.178. The molecule has 8 nitrogen and oxygen atoms in total. The van der Waals surface area contributed by atoms with Gasteiger partial charge in [-0.05, 0) is 37.3 Å². The molecule has 186 valence electrons. The van der Waals surface area contributed by atoms with Gasteiger partial charge in [-0.1, -0.05) is 72.4 Å². The molecule has 0 aromatic heterocycles. The van der Waals surface area contributed by atoms with E-state index < -0.39 is 23.2 Å². The molecule has 0 bridgehead atoms. The van der Waals surface area contributed by atoms with Crippen LogP contribution in [0, 0.1) is 0 Å². The number of amides is 2. The second-order valence-corrected chi connectivity index (χ2v) is 9.63. The summed E-state index contributed by atoms with van der Waals surface area (Å²) in [5.41, 5.74) is 5.04. The average molecular weight is 498 g/mol. The van der Waals surface area contributed by atoms with Crippen LogP contribution in [0.2, 0.25) is 0 Å². The molecule has 3 atom stereocenters. The van der Waals surface area contributed by atoms with Crippen molar-refractivity contribution >= 4 is 34.7 Å². The standard InChI is InChI=1S/C26H31N3O5S/c1-3-34-24(31)17-29-26(33)22(15-14-21(28-29)20-12-8-5-9-13-20)27-25(32)23(35-18(2)30)16-19-10-6-4-7-11-19/h4-13,21-23,28H,3,14-17H2,1-2H3,(H,27,32)/t21-,22?,23-/m0/s1. The Morgan fingerprint density at radius 1 is 1.09 bits per heavy atom. The Morgan fingerprint density at radius 2 is 1.74 bits per heavy atom. The van der Waals surface area contributed by atoms with Gasteiger partial charge in [0.15, 0.2) is 5.12 Å². The van der Waals surface area contributed by atoms with Crippen molar-refractivity contribution in [2.24, 2.45) is 0 Å². The molecule has 1 heterocycles. The highest BCUT2D eigenvalue weighted by Gasteiger charge is 2.35. The number of nitrogens with one attached hydrogen (secondary N) is 2. The normalized spacial score (nSPS) is 18.9. The molecule has 0 spiro atoms. The maximum absolute atomic E-state index is 13.4. The first-order valence-electron chi connectivity index (χ1n) is 11.7. The zero-order valence-electron chi connectivity index (χ0n) is 19.9. The fourth-order valence-electron chi connectivity index (χ4n) is 3.96. The van der Waals surface area contributed by atoms with E-state index in [0.717, 1.165) is 22.9 Å². The van der Waals surface area contributed by atoms with Crippen LogP contribution >= 0.6 is 11.8 Å². The molecule has 1 aliphatic rings. The summed E-state index contributed by atoms with van der Waals surface area (Å²) in [6, 6.07) is 18.0. The van der Waals surface area contributed by atoms with Crippen LogP contribution in [0.15, 0.2) is 60.7 Å². The van der Waals surface area contributed by atoms with E-state index in [4.69, 9.17) is 4.74 Å². The van der Waals surface area contributed by atoms with E-state index in [1.54, 1.807) is 6.92 Å². The monoisotopic (exact) mass is 497 g/mol. The third kappa shape index (κ3) is 7.93. The van der Waals surface area contributed by atoms with E-state index in [1.807, 2.05) is 60.7 Å². The quantitative estimate of drug-likeness (QED) is 0.514. The Balaban J connectivity index is 1.78. The number of ether oxygens (including phenoxy) is 1. The van der Waals surface area contributed by atoms with Crippen LogP contribution in [0.3, 0.4) is 0 Å². The molecule has 1 saturated heterocycles. The van der Waals surface area contributed by atoms with E-state index in [-0.39, 0.29) is 30.2 Å². The number of hydrogen-bond donors (Lipinski definition) is 2. The van der Waals surface area contributed by atoms with Crippen molar-refractivity contribution in [3.63, 3.8) is 0 Å². The lowest BCUT2D eigenvalue weighted by Crippen LogP contribution is -2.54. The van der Waals surface area contributed by atoms with Crippen molar-refractivity contribution in [1.82, 2.24) is 15.8 Å². The molecule has 2 aromatic rings. The van der Waals surface area contributed by atoms with Gasteiger partial charge in [0.05, 0.1) is 17.9 Å². The average Bonchev–Trinajstić information content (AvgIpc) is 2.99. The lowest BCUT2D eigenvalue weighted by molar-refractivity contribution is -0.152. The molecular formula is C26H31N3O5S. The molecule has 1 unspecified atom stereocenters. The second kappa shape index (κ2) is 13.1. The second-order valence-electron chi connectivity index (χ2n) is 8.25. The fraction of sp³-hybridized carbons (Fsp3) is 0.385. The van der Waals surface area contributed by atoms with E-state index in [1.165, 1.54) is 11.9 Å². The molecule has 35 heavy (non-hydrogen) atoms. The molecule has 1 fully saturated rings. The lowest BCUT2D eigenvalue weighted by Gasteiger charge is -2.27. The fourth-order valence-corrected chi connectivity index (χ4v) is 4.81. The molecule has 3 rings (SSSR count). The smallest absolute Gasteiger partial charge is 0.327 e. The maximum atomic E-state index is 13.4. The van der Waals surface area contributed by atoms with Crippen LogP contribution in [0.25, 0.3) is 0 Å². The first-order chi connectivity index (χ1) is 16.9. The summed E-state index contributed by atoms with van der Waals surface area (Å²) in [5, 5.41) is 3.22. The van der Waals surface area contributed by atoms with Gasteiger partial charge >= 0.3 is 5.97 Å². The van der Waals surface area contributed by atoms with Crippen molar-refractivity contribution in [3.05, 3.63) is 71.8 Å². The van der Waals surface area contributed by atoms with Crippen molar-refractivity contribution in [1.29, 1.82) is 0 Å². The topological polar surface area (TPSA) is 105 Å². The summed E-state index contributed by atoms with van der Waals surface area (Å²) < 4.78 is 5.04. The zero-order valence-corrected chi connectivity index (χ0v) is 20.8. The van der Waals surface area contributed by atoms with Crippen LogP contribution < -0.4 is 10.7 Å². The maximum Gasteiger partial charge on any atom is 0.327 e. The minimum Gasteiger partial charge on any atom is -0.465 e. The molecule has 0 aliphatic carbocycles. The van der Waals surface area contributed by atoms with Crippen LogP contribution in [0.4, 0.5) is 0 Å². The van der Waals surface area contributed by atoms with Crippen molar-refractivity contribution in [3.8, 4) is 0 Å². The van der Waals surface area contributed by atoms with Gasteiger partial charge in [-0.2, -0.15) is 0 Å². The lowest BCUT2D eigenvalue weighted by atomic mass is 10.0. The number of hydrazine groups is 1. The number of benzene rings is 2. The zero-order chi connectivity index (χ0) is 25.2. The summed E-state index contributed by atoms with van der Waals surface area (Å²) in [6.45, 7) is 3.04. The number of nitrogens with zero attached hydrogens (tertiary/aromatic N) is 1. The summed E-state index contributed by atoms with van der Waals surface area (Å²) in [4.78, 5) is 50.6. The van der Waals surface area contributed by atoms with Crippen LogP contribution in [-0.4, -0.2) is 52.4 Å². The van der Waals surface area contributed by atoms with Gasteiger partial charge in [-0.15, -0.1) is 0 Å². The Kier molecular flexibility index (Phi) is 9.86. The molecule has 0 saturated carbocycles. The van der Waals surface area contributed by atoms with Crippen LogP contribution in [-0.2, 0) is 30.3 Å². The number of rotatable bonds is 9. The number of esters is 1. The Hall–Kier alpha value is -3.17. The van der Waals surface area contributed by atoms with E-state index >= 15 is 0 Å². The highest BCUT2D eigenvalue weighted by molar-refractivity contribution is 8.14. The molecule has 2 N–H and O–H groups in total. The van der Waals surface area contributed by atoms with Crippen molar-refractivity contribution < 1.29 is 23.9 Å². The van der Waals surface area contributed by atoms with Crippen molar-refractivity contribution in [2.75, 3.05) is 13.2 Å². The largest absolute Gasteiger partial charge is 0.465 e. The predicted molar refractivity (Wildman–Crippen MR) is 134 cm³/mol. The number of carbonyl (C=O) groups excluding carboxylic acids is 4. The minimum atomic E-state index is -0.844. The predicted octanol–water partition coefficient (Wildman–Crippen LogP) is 2.79. The van der Waals surface area contributed by atoms with E-state index in [9.17, 15) is 19.2 Å². The first kappa shape index (κ1) is 26.4. The summed E-state index contributed by atoms with van der Waals surface area (Å²) >= 11 is 0.947. The summed E-state index contributed by atoms with van der Waals surface area (Å²) in [6.07, 6.45) is 1.29. The summed E-state index contributed by atoms with van der Waals surface area (Å²) in [7, 11) is 0. The Bertz CT molecular complexity index is 1020. The van der Waals surface area contributed by atoms with Crippen molar-refractivity contribution in [2.45, 2.75) is 50.4 Å². The van der Waals surface area contributed by atoms with Gasteiger partial charge in [0.25, 0.3) is 5.91 Å². The highest BCUT2D eigenvalue weighted by Crippen LogP contribution is 2.24. The molecule has 0 radical (unpaired) electrons. The highest BCUT2D eigenvalue weighted by atomic mass is 32.2. The number of carbonyl (C=O) groups is 4. The van der Waals surface area contributed by atoms with Gasteiger partial charge in [0.1, 0.15) is 12.6 Å². The first-order valence-corrected chi connectivity index (χ1v) is 12.5. The molecule has 1 aliphatic heterocycles.